The summed E-state index contributed by atoms with van der Waals surface area (Å²) in [6, 6.07) is -0.802. The van der Waals surface area contributed by atoms with Crippen LogP contribution in [0.3, 0.4) is 0 Å². The Morgan fingerprint density at radius 3 is 2.00 bits per heavy atom. The molecule has 63 valence electrons. The summed E-state index contributed by atoms with van der Waals surface area (Å²) >= 11 is 2.17. The number of hydrogen-bond acceptors (Lipinski definition) is 2. The Bertz CT molecular complexity index is 169. The van der Waals surface area contributed by atoms with Crippen molar-refractivity contribution in [3.8, 4) is 0 Å². The average Bonchev–Trinajstić information content (AvgIpc) is 1.81. The van der Waals surface area contributed by atoms with E-state index >= 15 is 0 Å². The second-order valence-corrected chi connectivity index (χ2v) is 3.07. The van der Waals surface area contributed by atoms with Crippen LogP contribution in [0.15, 0.2) is 0 Å². The molecule has 4 nitrogen and oxygen atoms in total. The van der Waals surface area contributed by atoms with Crippen LogP contribution in [0.5, 0.6) is 0 Å². The Morgan fingerprint density at radius 1 is 1.45 bits per heavy atom. The van der Waals surface area contributed by atoms with Gasteiger partial charge in [-0.15, -0.1) is 0 Å². The number of carboxylic acid groups (broad SMARTS) is 1. The second-order valence-electron chi connectivity index (χ2n) is 2.49. The van der Waals surface area contributed by atoms with E-state index in [0.29, 0.717) is 0 Å². The molecule has 0 aliphatic heterocycles. The topological polar surface area (TPSA) is 66.4 Å². The van der Waals surface area contributed by atoms with Gasteiger partial charge in [-0.25, -0.2) is 0 Å². The second kappa shape index (κ2) is 4.37. The Kier molecular flexibility index (Phi) is 4.16. The minimum absolute atomic E-state index is 0.107. The Balaban J connectivity index is 4.12. The summed E-state index contributed by atoms with van der Waals surface area (Å²) in [5.74, 6) is -1.12. The van der Waals surface area contributed by atoms with Crippen LogP contribution < -0.4 is 5.32 Å². The van der Waals surface area contributed by atoms with E-state index in [0.717, 1.165) is 0 Å². The van der Waals surface area contributed by atoms with Gasteiger partial charge in [-0.3, -0.25) is 0 Å². The molecule has 0 aromatic carbocycles. The predicted molar refractivity (Wildman–Crippen MR) is 34.8 cm³/mol. The van der Waals surface area contributed by atoms with E-state index in [1.54, 1.807) is 13.8 Å². The molecule has 1 amide bonds. The van der Waals surface area contributed by atoms with Gasteiger partial charge in [0.15, 0.2) is 0 Å². The molecule has 2 N–H and O–H groups in total. The minimum atomic E-state index is -1.01. The number of carbonyl (C=O) groups is 2. The van der Waals surface area contributed by atoms with E-state index in [-0.39, 0.29) is 5.92 Å². The average molecular weight is 196 g/mol. The molecule has 0 aliphatic carbocycles. The molecular formula is C6H10CrNO3. The zero-order valence-electron chi connectivity index (χ0n) is 6.33. The van der Waals surface area contributed by atoms with Gasteiger partial charge in [0.2, 0.25) is 0 Å². The van der Waals surface area contributed by atoms with Crippen LogP contribution in [0.25, 0.3) is 0 Å². The molecule has 5 heteroatoms. The first-order chi connectivity index (χ1) is 4.95. The van der Waals surface area contributed by atoms with E-state index < -0.39 is 16.8 Å². The first-order valence-electron chi connectivity index (χ1n) is 3.15. The third-order valence-electron chi connectivity index (χ3n) is 1.21. The van der Waals surface area contributed by atoms with Gasteiger partial charge in [0.1, 0.15) is 0 Å². The number of amides is 1. The van der Waals surface area contributed by atoms with Crippen LogP contribution in [0, 0.1) is 5.92 Å². The van der Waals surface area contributed by atoms with E-state index in [1.807, 2.05) is 0 Å². The standard InChI is InChI=1S/C6H10NO3.Cr/c1-4(2)5(6(9)10)7-3-8;/h4-5H,1-2H3,(H,7,8)(H,9,10);. The fourth-order valence-corrected chi connectivity index (χ4v) is 0.839. The van der Waals surface area contributed by atoms with Crippen LogP contribution >= 0.6 is 0 Å². The first kappa shape index (κ1) is 10.5. The summed E-state index contributed by atoms with van der Waals surface area (Å²) in [4.78, 5) is 20.9. The molecular weight excluding hydrogens is 186 g/mol. The molecule has 0 aromatic heterocycles. The fraction of sp³-hybridized carbons (Fsp3) is 0.667. The van der Waals surface area contributed by atoms with Crippen molar-refractivity contribution in [3.63, 3.8) is 0 Å². The van der Waals surface area contributed by atoms with Gasteiger partial charge in [-0.1, -0.05) is 0 Å². The molecule has 11 heavy (non-hydrogen) atoms. The number of carbonyl (C=O) groups excluding carboxylic acids is 1. The Hall–Kier alpha value is -0.528. The van der Waals surface area contributed by atoms with Crippen LogP contribution in [-0.4, -0.2) is 21.9 Å². The van der Waals surface area contributed by atoms with Crippen molar-refractivity contribution >= 4 is 10.7 Å². The van der Waals surface area contributed by atoms with Crippen LogP contribution in [-0.2, 0) is 21.1 Å². The molecule has 0 rings (SSSR count). The zero-order valence-corrected chi connectivity index (χ0v) is 7.60. The van der Waals surface area contributed by atoms with Crippen molar-refractivity contribution in [2.75, 3.05) is 0 Å². The van der Waals surface area contributed by atoms with Crippen molar-refractivity contribution in [2.24, 2.45) is 5.92 Å². The van der Waals surface area contributed by atoms with Gasteiger partial charge in [-0.2, -0.15) is 0 Å². The van der Waals surface area contributed by atoms with Crippen molar-refractivity contribution in [2.45, 2.75) is 19.9 Å². The maximum absolute atomic E-state index is 10.4. The van der Waals surface area contributed by atoms with Crippen molar-refractivity contribution in [1.29, 1.82) is 0 Å². The number of nitrogens with one attached hydrogen (secondary N) is 1. The quantitative estimate of drug-likeness (QED) is 0.684. The van der Waals surface area contributed by atoms with Gasteiger partial charge >= 0.3 is 72.8 Å². The van der Waals surface area contributed by atoms with Crippen molar-refractivity contribution < 1.29 is 31.0 Å². The molecule has 1 unspecified atom stereocenters. The third kappa shape index (κ3) is 4.02. The van der Waals surface area contributed by atoms with Crippen LogP contribution in [0.4, 0.5) is 4.79 Å². The number of carboxylic acids is 1. The Morgan fingerprint density at radius 2 is 1.91 bits per heavy atom. The zero-order chi connectivity index (χ0) is 9.02. The number of hydrogen-bond donors (Lipinski definition) is 2. The monoisotopic (exact) mass is 196 g/mol. The molecule has 0 aromatic rings. The summed E-state index contributed by atoms with van der Waals surface area (Å²) in [6.45, 7) is 3.46. The molecule has 1 atom stereocenters. The summed E-state index contributed by atoms with van der Waals surface area (Å²) in [7, 11) is 0. The molecule has 0 saturated carbocycles. The summed E-state index contributed by atoms with van der Waals surface area (Å²) in [5, 5.41) is 10.8. The van der Waals surface area contributed by atoms with Gasteiger partial charge < -0.3 is 0 Å². The molecule has 0 radical (unpaired) electrons. The van der Waals surface area contributed by atoms with E-state index in [4.69, 9.17) is 5.11 Å². The molecule has 0 spiro atoms. The molecule has 0 aliphatic rings. The van der Waals surface area contributed by atoms with E-state index in [2.05, 4.69) is 21.6 Å². The summed E-state index contributed by atoms with van der Waals surface area (Å²) in [6.07, 6.45) is 0. The van der Waals surface area contributed by atoms with E-state index in [9.17, 15) is 9.59 Å². The first-order valence-corrected chi connectivity index (χ1v) is 3.79. The van der Waals surface area contributed by atoms with Crippen LogP contribution in [0.1, 0.15) is 13.8 Å². The number of rotatable bonds is 3. The van der Waals surface area contributed by atoms with Gasteiger partial charge in [-0.05, 0) is 0 Å². The normalized spacial score (nSPS) is 12.6. The van der Waals surface area contributed by atoms with E-state index in [1.165, 1.54) is 0 Å². The van der Waals surface area contributed by atoms with Gasteiger partial charge in [0.05, 0.1) is 0 Å². The SMILES string of the molecule is CC(C)C(N[C](=O)[Cr])C(=O)O. The third-order valence-corrected chi connectivity index (χ3v) is 1.39. The number of aliphatic carboxylic acids is 1. The van der Waals surface area contributed by atoms with Gasteiger partial charge in [0.25, 0.3) is 0 Å². The summed E-state index contributed by atoms with van der Waals surface area (Å²) < 4.78 is -0.439. The Labute approximate surface area is 73.4 Å². The maximum atomic E-state index is 10.4. The van der Waals surface area contributed by atoms with Crippen LogP contribution in [0.2, 0.25) is 0 Å². The molecule has 0 fully saturated rings. The molecule has 0 saturated heterocycles. The van der Waals surface area contributed by atoms with Crippen molar-refractivity contribution in [3.05, 3.63) is 0 Å². The predicted octanol–water partition coefficient (Wildman–Crippen LogP) is 0.352. The van der Waals surface area contributed by atoms with Crippen molar-refractivity contribution in [1.82, 2.24) is 5.32 Å². The van der Waals surface area contributed by atoms with Gasteiger partial charge in [0, 0.05) is 0 Å². The molecule has 0 bridgehead atoms. The molecule has 0 heterocycles. The summed E-state index contributed by atoms with van der Waals surface area (Å²) in [5.41, 5.74) is 0. The fourth-order valence-electron chi connectivity index (χ4n) is 0.641.